The van der Waals surface area contributed by atoms with E-state index in [1.807, 2.05) is 24.3 Å². The molecule has 104 valence electrons. The Balaban J connectivity index is 2.03. The molecular weight excluding hydrogens is 242 g/mol. The van der Waals surface area contributed by atoms with Crippen molar-refractivity contribution < 1.29 is 9.90 Å². The van der Waals surface area contributed by atoms with Crippen molar-refractivity contribution in [2.75, 3.05) is 30.8 Å². The summed E-state index contributed by atoms with van der Waals surface area (Å²) in [5.41, 5.74) is 1.06. The number of hydrogen-bond acceptors (Lipinski definition) is 4. The Labute approximate surface area is 113 Å². The van der Waals surface area contributed by atoms with Crippen LogP contribution in [0.3, 0.4) is 0 Å². The molecule has 0 saturated carbocycles. The van der Waals surface area contributed by atoms with Crippen molar-refractivity contribution in [2.45, 2.75) is 25.5 Å². The largest absolute Gasteiger partial charge is 0.389 e. The molecule has 1 atom stereocenters. The molecule has 3 N–H and O–H groups in total. The quantitative estimate of drug-likeness (QED) is 0.764. The van der Waals surface area contributed by atoms with Crippen molar-refractivity contribution >= 4 is 17.3 Å². The third kappa shape index (κ3) is 3.38. The molecule has 1 aliphatic heterocycles. The van der Waals surface area contributed by atoms with Gasteiger partial charge in [0.2, 0.25) is 5.91 Å². The van der Waals surface area contributed by atoms with E-state index in [-0.39, 0.29) is 11.9 Å². The molecule has 2 rings (SSSR count). The predicted octanol–water partition coefficient (Wildman–Crippen LogP) is 1.12. The van der Waals surface area contributed by atoms with E-state index in [1.165, 1.54) is 0 Å². The zero-order valence-electron chi connectivity index (χ0n) is 11.6. The summed E-state index contributed by atoms with van der Waals surface area (Å²) in [6, 6.07) is 7.50. The van der Waals surface area contributed by atoms with Crippen LogP contribution in [0.2, 0.25) is 0 Å². The summed E-state index contributed by atoms with van der Waals surface area (Å²) >= 11 is 0. The highest BCUT2D eigenvalue weighted by molar-refractivity contribution is 5.88. The van der Waals surface area contributed by atoms with Gasteiger partial charge in [0.1, 0.15) is 6.04 Å². The fourth-order valence-corrected chi connectivity index (χ4v) is 2.29. The first-order valence-corrected chi connectivity index (χ1v) is 6.43. The lowest BCUT2D eigenvalue weighted by molar-refractivity contribution is -0.133. The zero-order valence-corrected chi connectivity index (χ0v) is 11.6. The molecule has 5 nitrogen and oxygen atoms in total. The standard InChI is InChI=1S/C14H21N3O2/c1-14(2,19)9-17(3)13(18)12-8-15-10-6-4-5-7-11(10)16-12/h4-7,12,15-16,19H,8-9H2,1-3H3. The summed E-state index contributed by atoms with van der Waals surface area (Å²) in [4.78, 5) is 13.9. The highest BCUT2D eigenvalue weighted by Gasteiger charge is 2.28. The SMILES string of the molecule is CN(CC(C)(C)O)C(=O)C1CNc2ccccc2N1. The molecule has 1 unspecified atom stereocenters. The van der Waals surface area contributed by atoms with Crippen molar-refractivity contribution in [1.82, 2.24) is 4.90 Å². The Morgan fingerprint density at radius 1 is 1.42 bits per heavy atom. The van der Waals surface area contributed by atoms with Crippen LogP contribution in [0.5, 0.6) is 0 Å². The Kier molecular flexibility index (Phi) is 3.66. The minimum atomic E-state index is -0.885. The molecule has 5 heteroatoms. The number of hydrogen-bond donors (Lipinski definition) is 3. The first kappa shape index (κ1) is 13.7. The Bertz CT molecular complexity index is 468. The number of fused-ring (bicyclic) bond motifs is 1. The first-order valence-electron chi connectivity index (χ1n) is 6.43. The summed E-state index contributed by atoms with van der Waals surface area (Å²) in [6.07, 6.45) is 0. The maximum absolute atomic E-state index is 12.3. The third-order valence-electron chi connectivity index (χ3n) is 3.05. The van der Waals surface area contributed by atoms with Crippen LogP contribution in [0.4, 0.5) is 11.4 Å². The van der Waals surface area contributed by atoms with Crippen LogP contribution in [0.25, 0.3) is 0 Å². The van der Waals surface area contributed by atoms with Crippen LogP contribution >= 0.6 is 0 Å². The van der Waals surface area contributed by atoms with Crippen LogP contribution in [-0.4, -0.2) is 47.7 Å². The van der Waals surface area contributed by atoms with E-state index in [4.69, 9.17) is 0 Å². The minimum absolute atomic E-state index is 0.0240. The second kappa shape index (κ2) is 5.09. The fourth-order valence-electron chi connectivity index (χ4n) is 2.29. The number of para-hydroxylation sites is 2. The summed E-state index contributed by atoms with van der Waals surface area (Å²) < 4.78 is 0. The Hall–Kier alpha value is -1.75. The average molecular weight is 263 g/mol. The summed E-state index contributed by atoms with van der Waals surface area (Å²) in [5.74, 6) is -0.0240. The molecule has 1 aromatic carbocycles. The molecule has 19 heavy (non-hydrogen) atoms. The van der Waals surface area contributed by atoms with Gasteiger partial charge in [-0.05, 0) is 26.0 Å². The molecule has 0 aromatic heterocycles. The van der Waals surface area contributed by atoms with Gasteiger partial charge in [-0.1, -0.05) is 12.1 Å². The van der Waals surface area contributed by atoms with Gasteiger partial charge in [-0.3, -0.25) is 4.79 Å². The number of nitrogens with zero attached hydrogens (tertiary/aromatic N) is 1. The predicted molar refractivity (Wildman–Crippen MR) is 76.3 cm³/mol. The van der Waals surface area contributed by atoms with Crippen LogP contribution in [0.1, 0.15) is 13.8 Å². The molecule has 0 radical (unpaired) electrons. The molecule has 1 aliphatic rings. The van der Waals surface area contributed by atoms with Gasteiger partial charge in [0.05, 0.1) is 17.0 Å². The monoisotopic (exact) mass is 263 g/mol. The number of carbonyl (C=O) groups excluding carboxylic acids is 1. The third-order valence-corrected chi connectivity index (χ3v) is 3.05. The summed E-state index contributed by atoms with van der Waals surface area (Å²) in [5, 5.41) is 16.2. The molecule has 1 heterocycles. The van der Waals surface area contributed by atoms with Crippen LogP contribution in [0.15, 0.2) is 24.3 Å². The van der Waals surface area contributed by atoms with Crippen LogP contribution in [-0.2, 0) is 4.79 Å². The second-order valence-corrected chi connectivity index (χ2v) is 5.63. The van der Waals surface area contributed by atoms with E-state index in [1.54, 1.807) is 25.8 Å². The van der Waals surface area contributed by atoms with Crippen molar-refractivity contribution in [3.05, 3.63) is 24.3 Å². The van der Waals surface area contributed by atoms with E-state index in [0.29, 0.717) is 13.1 Å². The smallest absolute Gasteiger partial charge is 0.246 e. The van der Waals surface area contributed by atoms with Crippen LogP contribution in [0, 0.1) is 0 Å². The van der Waals surface area contributed by atoms with Gasteiger partial charge in [-0.2, -0.15) is 0 Å². The fraction of sp³-hybridized carbons (Fsp3) is 0.500. The van der Waals surface area contributed by atoms with E-state index >= 15 is 0 Å². The van der Waals surface area contributed by atoms with Crippen molar-refractivity contribution in [1.29, 1.82) is 0 Å². The van der Waals surface area contributed by atoms with Crippen LogP contribution < -0.4 is 10.6 Å². The van der Waals surface area contributed by atoms with Gasteiger partial charge in [0.25, 0.3) is 0 Å². The Morgan fingerprint density at radius 2 is 2.05 bits per heavy atom. The van der Waals surface area contributed by atoms with Crippen molar-refractivity contribution in [3.63, 3.8) is 0 Å². The maximum atomic E-state index is 12.3. The summed E-state index contributed by atoms with van der Waals surface area (Å²) in [6.45, 7) is 4.25. The molecular formula is C14H21N3O2. The number of carbonyl (C=O) groups is 1. The molecule has 0 saturated heterocycles. The summed E-state index contributed by atoms with van der Waals surface area (Å²) in [7, 11) is 1.71. The van der Waals surface area contributed by atoms with Gasteiger partial charge in [-0.15, -0.1) is 0 Å². The van der Waals surface area contributed by atoms with Gasteiger partial charge < -0.3 is 20.6 Å². The van der Waals surface area contributed by atoms with Crippen molar-refractivity contribution in [2.24, 2.45) is 0 Å². The molecule has 1 amide bonds. The van der Waals surface area contributed by atoms with Gasteiger partial charge >= 0.3 is 0 Å². The highest BCUT2D eigenvalue weighted by atomic mass is 16.3. The number of likely N-dealkylation sites (N-methyl/N-ethyl adjacent to an activating group) is 1. The van der Waals surface area contributed by atoms with Gasteiger partial charge in [0.15, 0.2) is 0 Å². The highest BCUT2D eigenvalue weighted by Crippen LogP contribution is 2.25. The first-order chi connectivity index (χ1) is 8.87. The number of rotatable bonds is 3. The van der Waals surface area contributed by atoms with E-state index in [2.05, 4.69) is 10.6 Å². The van der Waals surface area contributed by atoms with E-state index < -0.39 is 5.60 Å². The molecule has 0 fully saturated rings. The van der Waals surface area contributed by atoms with Crippen molar-refractivity contribution in [3.8, 4) is 0 Å². The Morgan fingerprint density at radius 3 is 2.68 bits per heavy atom. The second-order valence-electron chi connectivity index (χ2n) is 5.63. The number of amides is 1. The zero-order chi connectivity index (χ0) is 14.0. The minimum Gasteiger partial charge on any atom is -0.389 e. The number of anilines is 2. The molecule has 0 aliphatic carbocycles. The maximum Gasteiger partial charge on any atom is 0.246 e. The lowest BCUT2D eigenvalue weighted by Gasteiger charge is -2.32. The lowest BCUT2D eigenvalue weighted by Crippen LogP contribution is -2.50. The molecule has 0 bridgehead atoms. The topological polar surface area (TPSA) is 64.6 Å². The van der Waals surface area contributed by atoms with Gasteiger partial charge in [-0.25, -0.2) is 0 Å². The molecule has 1 aromatic rings. The number of benzene rings is 1. The molecule has 0 spiro atoms. The normalized spacial score (nSPS) is 18.0. The van der Waals surface area contributed by atoms with E-state index in [0.717, 1.165) is 11.4 Å². The van der Waals surface area contributed by atoms with Gasteiger partial charge in [0, 0.05) is 20.1 Å². The average Bonchev–Trinajstić information content (AvgIpc) is 2.35. The van der Waals surface area contributed by atoms with E-state index in [9.17, 15) is 9.90 Å². The number of aliphatic hydroxyl groups is 1. The lowest BCUT2D eigenvalue weighted by atomic mass is 10.1. The number of nitrogens with one attached hydrogen (secondary N) is 2.